The molecule has 0 aliphatic rings. The summed E-state index contributed by atoms with van der Waals surface area (Å²) in [5.41, 5.74) is 2.21. The van der Waals surface area contributed by atoms with E-state index in [4.69, 9.17) is 4.74 Å². The summed E-state index contributed by atoms with van der Waals surface area (Å²) in [7, 11) is 1.73. The van der Waals surface area contributed by atoms with E-state index in [1.165, 1.54) is 4.57 Å². The van der Waals surface area contributed by atoms with Crippen LogP contribution in [0.4, 0.5) is 0 Å². The van der Waals surface area contributed by atoms with Crippen LogP contribution in [-0.2, 0) is 20.2 Å². The SMILES string of the molecule is Cc1cc(-c2nc3c(c(=O)[nH]c(=O)n3CC(C)O)n2C)ccc1OCc1ccccc1. The Morgan fingerprint density at radius 2 is 1.90 bits per heavy atom. The molecule has 4 rings (SSSR count). The lowest BCUT2D eigenvalue weighted by molar-refractivity contribution is 0.173. The molecule has 0 saturated heterocycles. The zero-order valence-electron chi connectivity index (χ0n) is 17.6. The van der Waals surface area contributed by atoms with E-state index in [9.17, 15) is 14.7 Å². The van der Waals surface area contributed by atoms with Gasteiger partial charge in [0.2, 0.25) is 0 Å². The minimum absolute atomic E-state index is 0.0356. The number of imidazole rings is 1. The van der Waals surface area contributed by atoms with Crippen LogP contribution < -0.4 is 16.0 Å². The second-order valence-corrected chi connectivity index (χ2v) is 7.64. The summed E-state index contributed by atoms with van der Waals surface area (Å²) in [5, 5.41) is 9.75. The van der Waals surface area contributed by atoms with E-state index in [0.29, 0.717) is 12.4 Å². The third-order valence-corrected chi connectivity index (χ3v) is 5.13. The molecule has 0 fully saturated rings. The predicted octanol–water partition coefficient (Wildman–Crippen LogP) is 2.36. The highest BCUT2D eigenvalue weighted by Crippen LogP contribution is 2.27. The van der Waals surface area contributed by atoms with Crippen LogP contribution in [-0.4, -0.2) is 30.3 Å². The Kier molecular flexibility index (Phi) is 5.48. The number of hydrogen-bond donors (Lipinski definition) is 2. The van der Waals surface area contributed by atoms with Crippen molar-refractivity contribution in [2.24, 2.45) is 7.05 Å². The number of aromatic nitrogens is 4. The number of ether oxygens (including phenoxy) is 1. The lowest BCUT2D eigenvalue weighted by Gasteiger charge is -2.11. The molecule has 31 heavy (non-hydrogen) atoms. The van der Waals surface area contributed by atoms with Crippen molar-refractivity contribution in [3.63, 3.8) is 0 Å². The van der Waals surface area contributed by atoms with Crippen LogP contribution in [0.25, 0.3) is 22.6 Å². The number of nitrogens with zero attached hydrogens (tertiary/aromatic N) is 3. The lowest BCUT2D eigenvalue weighted by atomic mass is 10.1. The van der Waals surface area contributed by atoms with Gasteiger partial charge >= 0.3 is 5.69 Å². The molecule has 0 bridgehead atoms. The summed E-state index contributed by atoms with van der Waals surface area (Å²) in [5.74, 6) is 1.30. The van der Waals surface area contributed by atoms with Crippen LogP contribution in [0.5, 0.6) is 5.75 Å². The zero-order valence-corrected chi connectivity index (χ0v) is 17.6. The fourth-order valence-electron chi connectivity index (χ4n) is 3.62. The van der Waals surface area contributed by atoms with Crippen LogP contribution in [0.15, 0.2) is 58.1 Å². The van der Waals surface area contributed by atoms with Gasteiger partial charge in [-0.1, -0.05) is 30.3 Å². The Labute approximate surface area is 178 Å². The van der Waals surface area contributed by atoms with E-state index in [0.717, 1.165) is 22.4 Å². The molecular weight excluding hydrogens is 396 g/mol. The molecular formula is C23H24N4O4. The Bertz CT molecular complexity index is 1350. The molecule has 1 atom stereocenters. The maximum Gasteiger partial charge on any atom is 0.330 e. The number of aliphatic hydroxyl groups is 1. The number of aryl methyl sites for hydroxylation is 2. The van der Waals surface area contributed by atoms with E-state index in [2.05, 4.69) is 9.97 Å². The van der Waals surface area contributed by atoms with Gasteiger partial charge in [0.05, 0.1) is 12.6 Å². The average Bonchev–Trinajstić information content (AvgIpc) is 3.08. The van der Waals surface area contributed by atoms with Gasteiger partial charge in [0.1, 0.15) is 18.2 Å². The Morgan fingerprint density at radius 1 is 1.16 bits per heavy atom. The van der Waals surface area contributed by atoms with Crippen LogP contribution in [0.1, 0.15) is 18.1 Å². The second kappa shape index (κ2) is 8.23. The van der Waals surface area contributed by atoms with Crippen LogP contribution in [0.3, 0.4) is 0 Å². The number of nitrogens with one attached hydrogen (secondary N) is 1. The predicted molar refractivity (Wildman–Crippen MR) is 118 cm³/mol. The number of H-pyrrole nitrogens is 1. The van der Waals surface area contributed by atoms with E-state index < -0.39 is 17.4 Å². The second-order valence-electron chi connectivity index (χ2n) is 7.64. The number of benzene rings is 2. The molecule has 2 heterocycles. The van der Waals surface area contributed by atoms with E-state index >= 15 is 0 Å². The number of aliphatic hydroxyl groups excluding tert-OH is 1. The number of fused-ring (bicyclic) bond motifs is 1. The smallest absolute Gasteiger partial charge is 0.330 e. The van der Waals surface area contributed by atoms with Gasteiger partial charge in [0.25, 0.3) is 5.56 Å². The van der Waals surface area contributed by atoms with Crippen molar-refractivity contribution in [2.75, 3.05) is 0 Å². The average molecular weight is 420 g/mol. The maximum absolute atomic E-state index is 12.4. The van der Waals surface area contributed by atoms with E-state index in [1.807, 2.05) is 55.5 Å². The van der Waals surface area contributed by atoms with Crippen molar-refractivity contribution >= 4 is 11.2 Å². The third-order valence-electron chi connectivity index (χ3n) is 5.13. The highest BCUT2D eigenvalue weighted by Gasteiger charge is 2.19. The third kappa shape index (κ3) is 4.02. The molecule has 2 aromatic heterocycles. The largest absolute Gasteiger partial charge is 0.489 e. The van der Waals surface area contributed by atoms with Crippen LogP contribution >= 0.6 is 0 Å². The van der Waals surface area contributed by atoms with Gasteiger partial charge in [0, 0.05) is 12.6 Å². The summed E-state index contributed by atoms with van der Waals surface area (Å²) < 4.78 is 8.89. The zero-order chi connectivity index (χ0) is 22.1. The highest BCUT2D eigenvalue weighted by molar-refractivity contribution is 5.77. The van der Waals surface area contributed by atoms with Crippen LogP contribution in [0, 0.1) is 6.92 Å². The molecule has 4 aromatic rings. The first-order valence-corrected chi connectivity index (χ1v) is 10.0. The number of hydrogen-bond acceptors (Lipinski definition) is 5. The summed E-state index contributed by atoms with van der Waals surface area (Å²) in [4.78, 5) is 31.6. The van der Waals surface area contributed by atoms with Gasteiger partial charge in [-0.15, -0.1) is 0 Å². The highest BCUT2D eigenvalue weighted by atomic mass is 16.5. The van der Waals surface area contributed by atoms with E-state index in [-0.39, 0.29) is 17.7 Å². The van der Waals surface area contributed by atoms with Crippen molar-refractivity contribution in [3.8, 4) is 17.1 Å². The van der Waals surface area contributed by atoms with E-state index in [1.54, 1.807) is 18.5 Å². The molecule has 8 nitrogen and oxygen atoms in total. The maximum atomic E-state index is 12.4. The first kappa shape index (κ1) is 20.6. The molecule has 0 aliphatic carbocycles. The summed E-state index contributed by atoms with van der Waals surface area (Å²) in [6.45, 7) is 4.02. The Balaban J connectivity index is 1.72. The molecule has 160 valence electrons. The van der Waals surface area contributed by atoms with Crippen molar-refractivity contribution in [1.29, 1.82) is 0 Å². The van der Waals surface area contributed by atoms with Crippen molar-refractivity contribution in [1.82, 2.24) is 19.1 Å². The first-order valence-electron chi connectivity index (χ1n) is 10.0. The topological polar surface area (TPSA) is 102 Å². The van der Waals surface area contributed by atoms with Crippen molar-refractivity contribution in [2.45, 2.75) is 33.1 Å². The van der Waals surface area contributed by atoms with Gasteiger partial charge in [0.15, 0.2) is 11.2 Å². The standard InChI is InChI=1S/C23H24N4O4/c1-14-11-17(9-10-18(14)31-13-16-7-5-4-6-8-16)20-24-21-19(26(20)3)22(29)25-23(30)27(21)12-15(2)28/h4-11,15,28H,12-13H2,1-3H3,(H,25,29,30). The number of rotatable bonds is 6. The molecule has 8 heteroatoms. The minimum atomic E-state index is -0.763. The molecule has 2 N–H and O–H groups in total. The van der Waals surface area contributed by atoms with Crippen molar-refractivity contribution in [3.05, 3.63) is 80.5 Å². The Hall–Kier alpha value is -3.65. The fourth-order valence-corrected chi connectivity index (χ4v) is 3.62. The Morgan fingerprint density at radius 3 is 2.58 bits per heavy atom. The molecule has 2 aromatic carbocycles. The molecule has 0 radical (unpaired) electrons. The molecule has 0 amide bonds. The lowest BCUT2D eigenvalue weighted by Crippen LogP contribution is -2.33. The monoisotopic (exact) mass is 420 g/mol. The van der Waals surface area contributed by atoms with Gasteiger partial charge in [-0.05, 0) is 43.2 Å². The number of aromatic amines is 1. The van der Waals surface area contributed by atoms with Crippen molar-refractivity contribution < 1.29 is 9.84 Å². The summed E-state index contributed by atoms with van der Waals surface area (Å²) in [6.07, 6.45) is -0.763. The molecule has 0 saturated carbocycles. The molecule has 0 aliphatic heterocycles. The van der Waals surface area contributed by atoms with Gasteiger partial charge < -0.3 is 14.4 Å². The van der Waals surface area contributed by atoms with Gasteiger partial charge in [-0.25, -0.2) is 9.78 Å². The fraction of sp³-hybridized carbons (Fsp3) is 0.261. The molecule has 1 unspecified atom stereocenters. The van der Waals surface area contributed by atoms with Gasteiger partial charge in [-0.2, -0.15) is 0 Å². The summed E-state index contributed by atoms with van der Waals surface area (Å²) >= 11 is 0. The first-order chi connectivity index (χ1) is 14.8. The quantitative estimate of drug-likeness (QED) is 0.499. The summed E-state index contributed by atoms with van der Waals surface area (Å²) in [6, 6.07) is 15.6. The van der Waals surface area contributed by atoms with Crippen LogP contribution in [0.2, 0.25) is 0 Å². The molecule has 0 spiro atoms. The normalized spacial score (nSPS) is 12.3. The minimum Gasteiger partial charge on any atom is -0.489 e. The van der Waals surface area contributed by atoms with Gasteiger partial charge in [-0.3, -0.25) is 14.3 Å².